The van der Waals surface area contributed by atoms with Crippen LogP contribution in [0, 0.1) is 23.7 Å². The molecular weight excluding hydrogens is 552 g/mol. The summed E-state index contributed by atoms with van der Waals surface area (Å²) in [6, 6.07) is 18.0. The van der Waals surface area contributed by atoms with Gasteiger partial charge in [0, 0.05) is 17.4 Å². The highest BCUT2D eigenvalue weighted by Gasteiger charge is 2.89. The predicted octanol–water partition coefficient (Wildman–Crippen LogP) is 3.07. The Hall–Kier alpha value is -2.63. The summed E-state index contributed by atoms with van der Waals surface area (Å²) in [6.45, 7) is 9.89. The summed E-state index contributed by atoms with van der Waals surface area (Å²) in [5, 5.41) is 36.4. The predicted molar refractivity (Wildman–Crippen MR) is 151 cm³/mol. The van der Waals surface area contributed by atoms with Crippen molar-refractivity contribution in [3.8, 4) is 0 Å². The second-order valence-corrected chi connectivity index (χ2v) is 13.8. The first-order valence-electron chi connectivity index (χ1n) is 15.2. The van der Waals surface area contributed by atoms with E-state index >= 15 is 0 Å². The van der Waals surface area contributed by atoms with Crippen molar-refractivity contribution in [3.05, 3.63) is 83.9 Å². The third-order valence-corrected chi connectivity index (χ3v) is 11.6. The van der Waals surface area contributed by atoms with Crippen LogP contribution in [-0.4, -0.2) is 74.7 Å². The lowest BCUT2D eigenvalue weighted by Gasteiger charge is -2.60. The number of ether oxygens (including phenoxy) is 5. The molecule has 3 saturated carbocycles. The molecule has 0 radical (unpaired) electrons. The van der Waals surface area contributed by atoms with Gasteiger partial charge in [-0.2, -0.15) is 0 Å². The van der Waals surface area contributed by atoms with Crippen LogP contribution in [0.15, 0.2) is 72.8 Å². The van der Waals surface area contributed by atoms with Gasteiger partial charge in [-0.15, -0.1) is 0 Å². The number of rotatable bonds is 5. The molecule has 6 aliphatic rings. The van der Waals surface area contributed by atoms with E-state index in [1.807, 2.05) is 44.2 Å². The van der Waals surface area contributed by atoms with Gasteiger partial charge in [0.15, 0.2) is 5.60 Å². The van der Waals surface area contributed by atoms with Crippen molar-refractivity contribution in [3.63, 3.8) is 0 Å². The fourth-order valence-electron chi connectivity index (χ4n) is 9.58. The number of aliphatic hydroxyl groups is 3. The zero-order valence-electron chi connectivity index (χ0n) is 24.5. The third kappa shape index (κ3) is 3.23. The summed E-state index contributed by atoms with van der Waals surface area (Å²) >= 11 is 0. The molecule has 3 heterocycles. The van der Waals surface area contributed by atoms with E-state index in [-0.39, 0.29) is 18.4 Å². The summed E-state index contributed by atoms with van der Waals surface area (Å²) in [5.41, 5.74) is -3.76. The van der Waals surface area contributed by atoms with E-state index in [1.165, 1.54) is 0 Å². The lowest BCUT2D eigenvalue weighted by molar-refractivity contribution is -0.443. The Labute approximate surface area is 250 Å². The van der Waals surface area contributed by atoms with Gasteiger partial charge >= 0.3 is 11.9 Å². The Morgan fingerprint density at radius 1 is 1.00 bits per heavy atom. The second kappa shape index (κ2) is 8.75. The van der Waals surface area contributed by atoms with Crippen LogP contribution in [0.4, 0.5) is 0 Å². The van der Waals surface area contributed by atoms with Gasteiger partial charge in [-0.05, 0) is 49.3 Å². The number of carbonyl (C=O) groups excluding carboxylic acids is 1. The first-order valence-corrected chi connectivity index (χ1v) is 15.2. The fourth-order valence-corrected chi connectivity index (χ4v) is 9.58. The van der Waals surface area contributed by atoms with E-state index in [0.717, 1.165) is 5.57 Å². The molecule has 2 unspecified atom stereocenters. The lowest BCUT2D eigenvalue weighted by atomic mass is 9.54. The number of fused-ring (bicyclic) bond motifs is 3. The van der Waals surface area contributed by atoms with Crippen LogP contribution in [0.1, 0.15) is 49.5 Å². The van der Waals surface area contributed by atoms with Gasteiger partial charge in [-0.1, -0.05) is 69.0 Å². The third-order valence-electron chi connectivity index (χ3n) is 11.6. The molecule has 8 rings (SSSR count). The van der Waals surface area contributed by atoms with Crippen molar-refractivity contribution in [2.24, 2.45) is 23.7 Å². The van der Waals surface area contributed by atoms with Crippen LogP contribution in [0.25, 0.3) is 0 Å². The Kier molecular flexibility index (Phi) is 5.68. The van der Waals surface area contributed by atoms with Crippen LogP contribution in [-0.2, 0) is 29.7 Å². The molecule has 9 nitrogen and oxygen atoms in total. The van der Waals surface area contributed by atoms with E-state index in [1.54, 1.807) is 30.3 Å². The average molecular weight is 591 g/mol. The highest BCUT2D eigenvalue weighted by Crippen LogP contribution is 2.74. The molecule has 3 N–H and O–H groups in total. The SMILES string of the molecule is C=C(C)[C@]12C[C@@H](C)[C@@]34OC(c5ccccc5)(OC1[C@@H]3[C@@H]1O[C@]1(COC(=O)c1ccccc1)[C@@H](O)[C@@]1(O)[C@H]4C[C@H](C)[C@@H]1O)O2. The quantitative estimate of drug-likeness (QED) is 0.274. The monoisotopic (exact) mass is 590 g/mol. The normalized spacial score (nSPS) is 50.3. The molecule has 2 aromatic carbocycles. The zero-order chi connectivity index (χ0) is 30.2. The van der Waals surface area contributed by atoms with E-state index in [0.29, 0.717) is 24.0 Å². The minimum atomic E-state index is -2.02. The Morgan fingerprint density at radius 3 is 2.35 bits per heavy atom. The Balaban J connectivity index is 1.29. The molecule has 0 aromatic heterocycles. The molecular formula is C34H38O9. The van der Waals surface area contributed by atoms with Crippen molar-refractivity contribution in [1.29, 1.82) is 0 Å². The van der Waals surface area contributed by atoms with Crippen molar-refractivity contribution < 1.29 is 43.8 Å². The van der Waals surface area contributed by atoms with Crippen molar-refractivity contribution in [2.45, 2.75) is 86.4 Å². The van der Waals surface area contributed by atoms with E-state index in [2.05, 4.69) is 13.5 Å². The van der Waals surface area contributed by atoms with Gasteiger partial charge in [0.25, 0.3) is 0 Å². The molecule has 3 aliphatic carbocycles. The maximum Gasteiger partial charge on any atom is 0.338 e. The highest BCUT2D eigenvalue weighted by molar-refractivity contribution is 5.89. The summed E-state index contributed by atoms with van der Waals surface area (Å²) < 4.78 is 33.2. The smallest absolute Gasteiger partial charge is 0.338 e. The number of aliphatic hydroxyl groups excluding tert-OH is 2. The van der Waals surface area contributed by atoms with Crippen LogP contribution in [0.2, 0.25) is 0 Å². The van der Waals surface area contributed by atoms with Crippen molar-refractivity contribution in [2.75, 3.05) is 6.61 Å². The first-order chi connectivity index (χ1) is 20.5. The van der Waals surface area contributed by atoms with Gasteiger partial charge in [-0.3, -0.25) is 0 Å². The number of esters is 1. The van der Waals surface area contributed by atoms with E-state index in [4.69, 9.17) is 23.7 Å². The van der Waals surface area contributed by atoms with Crippen LogP contribution >= 0.6 is 0 Å². The Bertz CT molecular complexity index is 1480. The molecule has 228 valence electrons. The fraction of sp³-hybridized carbons (Fsp3) is 0.559. The zero-order valence-corrected chi connectivity index (χ0v) is 24.5. The number of hydrogen-bond acceptors (Lipinski definition) is 9. The first kappa shape index (κ1) is 27.9. The summed E-state index contributed by atoms with van der Waals surface area (Å²) in [4.78, 5) is 13.0. The average Bonchev–Trinajstić information content (AvgIpc) is 3.63. The molecule has 9 heteroatoms. The molecule has 3 bridgehead atoms. The number of carbonyl (C=O) groups is 1. The highest BCUT2D eigenvalue weighted by atomic mass is 16.9. The van der Waals surface area contributed by atoms with Gasteiger partial charge < -0.3 is 39.0 Å². The molecule has 6 fully saturated rings. The van der Waals surface area contributed by atoms with E-state index < -0.39 is 70.6 Å². The maximum absolute atomic E-state index is 13.0. The molecule has 43 heavy (non-hydrogen) atoms. The van der Waals surface area contributed by atoms with E-state index in [9.17, 15) is 20.1 Å². The topological polar surface area (TPSA) is 127 Å². The Morgan fingerprint density at radius 2 is 1.67 bits per heavy atom. The molecule has 13 atom stereocenters. The van der Waals surface area contributed by atoms with Crippen LogP contribution in [0.3, 0.4) is 0 Å². The summed E-state index contributed by atoms with van der Waals surface area (Å²) in [6.07, 6.45) is -3.25. The second-order valence-electron chi connectivity index (χ2n) is 13.8. The van der Waals surface area contributed by atoms with Crippen molar-refractivity contribution >= 4 is 5.97 Å². The minimum Gasteiger partial charge on any atom is -0.459 e. The van der Waals surface area contributed by atoms with Gasteiger partial charge in [0.2, 0.25) is 0 Å². The molecule has 0 amide bonds. The van der Waals surface area contributed by atoms with Gasteiger partial charge in [-0.25, -0.2) is 4.79 Å². The van der Waals surface area contributed by atoms with Crippen molar-refractivity contribution in [1.82, 2.24) is 0 Å². The standard InChI is InChI=1S/C34H38O9/c1-18(2)30-16-20(4)33-23-15-19(3)25(35)32(23,38)29(37)31(17-39-28(36)21-11-7-5-8-12-21)27(40-31)24(33)26(30)41-34(42-30,43-33)22-13-9-6-10-14-22/h5-14,19-20,23-27,29,35,37-38H,1,15-17H2,2-4H3/t19-,20+,23+,24+,25-,26?,27-,29+,30+,31-,32+,33-,34?/m0/s1. The number of benzene rings is 2. The molecule has 0 spiro atoms. The summed E-state index contributed by atoms with van der Waals surface area (Å²) in [5.74, 6) is -3.96. The maximum atomic E-state index is 13.0. The van der Waals surface area contributed by atoms with Crippen LogP contribution < -0.4 is 0 Å². The molecule has 3 saturated heterocycles. The van der Waals surface area contributed by atoms with Gasteiger partial charge in [0.05, 0.1) is 17.3 Å². The molecule has 2 aromatic rings. The van der Waals surface area contributed by atoms with Crippen LogP contribution in [0.5, 0.6) is 0 Å². The largest absolute Gasteiger partial charge is 0.459 e. The van der Waals surface area contributed by atoms with Gasteiger partial charge in [0.1, 0.15) is 36.1 Å². The number of epoxide rings is 1. The minimum absolute atomic E-state index is 0.215. The molecule has 3 aliphatic heterocycles. The lowest BCUT2D eigenvalue weighted by Crippen LogP contribution is -2.72. The number of hydrogen-bond donors (Lipinski definition) is 3. The summed E-state index contributed by atoms with van der Waals surface area (Å²) in [7, 11) is 0.